The molecule has 1 aliphatic rings. The second-order valence-corrected chi connectivity index (χ2v) is 7.95. The Morgan fingerprint density at radius 1 is 1.10 bits per heavy atom. The molecule has 1 N–H and O–H groups in total. The average Bonchev–Trinajstić information content (AvgIpc) is 3.22. The number of hydrogen-bond acceptors (Lipinski definition) is 5. The number of fused-ring (bicyclic) bond motifs is 1. The van der Waals surface area contributed by atoms with Gasteiger partial charge in [-0.1, -0.05) is 30.3 Å². The van der Waals surface area contributed by atoms with Crippen LogP contribution in [-0.4, -0.2) is 38.1 Å². The van der Waals surface area contributed by atoms with Gasteiger partial charge >= 0.3 is 0 Å². The maximum atomic E-state index is 12.8. The topological polar surface area (TPSA) is 50.8 Å². The third kappa shape index (κ3) is 4.13. The average molecular weight is 409 g/mol. The number of benzene rings is 2. The summed E-state index contributed by atoms with van der Waals surface area (Å²) in [5, 5.41) is 5.14. The normalized spacial score (nSPS) is 16.1. The molecule has 0 saturated heterocycles. The van der Waals surface area contributed by atoms with E-state index < -0.39 is 0 Å². The molecular weight excluding hydrogens is 384 g/mol. The quantitative estimate of drug-likeness (QED) is 0.659. The molecule has 1 aromatic heterocycles. The molecule has 0 spiro atoms. The number of carbonyl (C=O) groups excluding carboxylic acids is 1. The maximum absolute atomic E-state index is 12.8. The molecule has 1 atom stereocenters. The molecule has 0 bridgehead atoms. The molecule has 0 radical (unpaired) electrons. The van der Waals surface area contributed by atoms with Gasteiger partial charge in [0, 0.05) is 23.2 Å². The van der Waals surface area contributed by atoms with E-state index in [-0.39, 0.29) is 11.9 Å². The van der Waals surface area contributed by atoms with E-state index in [0.29, 0.717) is 23.7 Å². The van der Waals surface area contributed by atoms with Crippen LogP contribution >= 0.6 is 11.3 Å². The van der Waals surface area contributed by atoms with Crippen molar-refractivity contribution in [2.75, 3.05) is 32.6 Å². The van der Waals surface area contributed by atoms with Crippen molar-refractivity contribution in [3.8, 4) is 11.5 Å². The van der Waals surface area contributed by atoms with Gasteiger partial charge < -0.3 is 14.8 Å². The predicted octanol–water partition coefficient (Wildman–Crippen LogP) is 4.35. The van der Waals surface area contributed by atoms with E-state index in [1.165, 1.54) is 16.0 Å². The fourth-order valence-electron chi connectivity index (χ4n) is 3.86. The lowest BCUT2D eigenvalue weighted by molar-refractivity contribution is -0.117. The zero-order valence-corrected chi connectivity index (χ0v) is 17.4. The van der Waals surface area contributed by atoms with Crippen LogP contribution in [0.15, 0.2) is 60.0 Å². The van der Waals surface area contributed by atoms with E-state index in [1.54, 1.807) is 37.7 Å². The minimum absolute atomic E-state index is 0.0446. The van der Waals surface area contributed by atoms with Gasteiger partial charge in [0.25, 0.3) is 0 Å². The van der Waals surface area contributed by atoms with Crippen LogP contribution in [0, 0.1) is 0 Å². The van der Waals surface area contributed by atoms with Crippen LogP contribution in [-0.2, 0) is 11.2 Å². The van der Waals surface area contributed by atoms with E-state index in [2.05, 4.69) is 45.9 Å². The minimum Gasteiger partial charge on any atom is -0.493 e. The number of amides is 1. The summed E-state index contributed by atoms with van der Waals surface area (Å²) in [4.78, 5) is 16.5. The molecule has 0 saturated carbocycles. The van der Waals surface area contributed by atoms with Crippen LogP contribution < -0.4 is 14.8 Å². The molecular formula is C23H24N2O3S. The predicted molar refractivity (Wildman–Crippen MR) is 116 cm³/mol. The van der Waals surface area contributed by atoms with Crippen molar-refractivity contribution < 1.29 is 14.3 Å². The second-order valence-electron chi connectivity index (χ2n) is 6.95. The zero-order chi connectivity index (χ0) is 20.2. The van der Waals surface area contributed by atoms with Crippen LogP contribution in [0.3, 0.4) is 0 Å². The van der Waals surface area contributed by atoms with Crippen LogP contribution in [0.5, 0.6) is 11.5 Å². The first-order valence-corrected chi connectivity index (χ1v) is 10.4. The van der Waals surface area contributed by atoms with Gasteiger partial charge in [0.2, 0.25) is 5.91 Å². The summed E-state index contributed by atoms with van der Waals surface area (Å²) in [7, 11) is 3.18. The molecule has 0 aliphatic carbocycles. The molecule has 1 aliphatic heterocycles. The van der Waals surface area contributed by atoms with E-state index in [9.17, 15) is 4.79 Å². The first-order chi connectivity index (χ1) is 14.2. The third-order valence-corrected chi connectivity index (χ3v) is 6.19. The summed E-state index contributed by atoms with van der Waals surface area (Å²) in [6, 6.07) is 18.1. The highest BCUT2D eigenvalue weighted by atomic mass is 32.1. The Kier molecular flexibility index (Phi) is 5.83. The highest BCUT2D eigenvalue weighted by Crippen LogP contribution is 2.37. The fourth-order valence-corrected chi connectivity index (χ4v) is 4.77. The van der Waals surface area contributed by atoms with Crippen LogP contribution in [0.4, 0.5) is 5.69 Å². The Morgan fingerprint density at radius 3 is 2.66 bits per heavy atom. The number of thiophene rings is 1. The Labute approximate surface area is 174 Å². The number of ether oxygens (including phenoxy) is 2. The molecule has 6 heteroatoms. The number of nitrogens with one attached hydrogen (secondary N) is 1. The Bertz CT molecular complexity index is 987. The smallest absolute Gasteiger partial charge is 0.238 e. The molecule has 5 nitrogen and oxygen atoms in total. The Balaban J connectivity index is 1.53. The number of nitrogens with zero attached hydrogens (tertiary/aromatic N) is 1. The highest BCUT2D eigenvalue weighted by molar-refractivity contribution is 7.10. The third-order valence-electron chi connectivity index (χ3n) is 5.19. The van der Waals surface area contributed by atoms with Gasteiger partial charge in [-0.25, -0.2) is 0 Å². The Morgan fingerprint density at radius 2 is 1.90 bits per heavy atom. The summed E-state index contributed by atoms with van der Waals surface area (Å²) in [5.74, 6) is 1.18. The largest absolute Gasteiger partial charge is 0.493 e. The van der Waals surface area contributed by atoms with Gasteiger partial charge in [-0.15, -0.1) is 11.3 Å². The van der Waals surface area contributed by atoms with E-state index >= 15 is 0 Å². The minimum atomic E-state index is -0.0446. The summed E-state index contributed by atoms with van der Waals surface area (Å²) in [6.45, 7) is 1.18. The van der Waals surface area contributed by atoms with Crippen LogP contribution in [0.2, 0.25) is 0 Å². The van der Waals surface area contributed by atoms with Gasteiger partial charge in [-0.3, -0.25) is 9.69 Å². The van der Waals surface area contributed by atoms with Crippen molar-refractivity contribution in [2.45, 2.75) is 12.5 Å². The zero-order valence-electron chi connectivity index (χ0n) is 16.6. The van der Waals surface area contributed by atoms with Crippen molar-refractivity contribution in [1.82, 2.24) is 4.90 Å². The maximum Gasteiger partial charge on any atom is 0.238 e. The summed E-state index contributed by atoms with van der Waals surface area (Å²) < 4.78 is 10.6. The number of methoxy groups -OCH3 is 2. The standard InChI is InChI=1S/C23H24N2O3S/c1-27-19-9-8-17(14-20(19)28-2)24-22(26)15-25-12-10-21-18(11-13-29-21)23(25)16-6-4-3-5-7-16/h3-9,11,13-14,23H,10,12,15H2,1-2H3,(H,24,26)/t23-/m1/s1. The summed E-state index contributed by atoms with van der Waals surface area (Å²) >= 11 is 1.80. The molecule has 1 amide bonds. The van der Waals surface area contributed by atoms with Crippen molar-refractivity contribution >= 4 is 22.9 Å². The van der Waals surface area contributed by atoms with Gasteiger partial charge in [-0.05, 0) is 41.1 Å². The van der Waals surface area contributed by atoms with Gasteiger partial charge in [0.1, 0.15) is 0 Å². The van der Waals surface area contributed by atoms with E-state index in [0.717, 1.165) is 13.0 Å². The van der Waals surface area contributed by atoms with Crippen molar-refractivity contribution in [2.24, 2.45) is 0 Å². The molecule has 0 fully saturated rings. The summed E-state index contributed by atoms with van der Waals surface area (Å²) in [5.41, 5.74) is 3.22. The molecule has 2 aromatic carbocycles. The molecule has 150 valence electrons. The van der Waals surface area contributed by atoms with Crippen LogP contribution in [0.1, 0.15) is 22.0 Å². The van der Waals surface area contributed by atoms with Gasteiger partial charge in [-0.2, -0.15) is 0 Å². The van der Waals surface area contributed by atoms with Crippen molar-refractivity contribution in [3.05, 3.63) is 76.0 Å². The fraction of sp³-hybridized carbons (Fsp3) is 0.261. The molecule has 3 aromatic rings. The highest BCUT2D eigenvalue weighted by Gasteiger charge is 2.30. The number of rotatable bonds is 6. The number of carbonyl (C=O) groups is 1. The van der Waals surface area contributed by atoms with Crippen molar-refractivity contribution in [3.63, 3.8) is 0 Å². The molecule has 4 rings (SSSR count). The lowest BCUT2D eigenvalue weighted by atomic mass is 9.93. The Hall–Kier alpha value is -2.83. The second kappa shape index (κ2) is 8.68. The first-order valence-electron chi connectivity index (χ1n) is 9.56. The van der Waals surface area contributed by atoms with E-state index in [4.69, 9.17) is 9.47 Å². The monoisotopic (exact) mass is 408 g/mol. The lowest BCUT2D eigenvalue weighted by Crippen LogP contribution is -2.40. The number of anilines is 1. The van der Waals surface area contributed by atoms with Gasteiger partial charge in [0.15, 0.2) is 11.5 Å². The van der Waals surface area contributed by atoms with E-state index in [1.807, 2.05) is 12.1 Å². The lowest BCUT2D eigenvalue weighted by Gasteiger charge is -2.35. The first kappa shape index (κ1) is 19.5. The molecule has 0 unspecified atom stereocenters. The van der Waals surface area contributed by atoms with Crippen LogP contribution in [0.25, 0.3) is 0 Å². The SMILES string of the molecule is COc1ccc(NC(=O)CN2CCc3sccc3[C@H]2c2ccccc2)cc1OC. The van der Waals surface area contributed by atoms with Gasteiger partial charge in [0.05, 0.1) is 26.8 Å². The molecule has 2 heterocycles. The molecule has 29 heavy (non-hydrogen) atoms. The summed E-state index contributed by atoms with van der Waals surface area (Å²) in [6.07, 6.45) is 0.972. The number of hydrogen-bond donors (Lipinski definition) is 1. The van der Waals surface area contributed by atoms with Crippen molar-refractivity contribution in [1.29, 1.82) is 0 Å².